The van der Waals surface area contributed by atoms with E-state index in [1.165, 1.54) is 19.1 Å². The van der Waals surface area contributed by atoms with Crippen molar-refractivity contribution in [2.45, 2.75) is 32.6 Å². The van der Waals surface area contributed by atoms with E-state index in [2.05, 4.69) is 11.6 Å². The molecule has 0 spiro atoms. The highest BCUT2D eigenvalue weighted by atomic mass is 32.2. The summed E-state index contributed by atoms with van der Waals surface area (Å²) >= 11 is 0. The third-order valence-electron chi connectivity index (χ3n) is 1.39. The van der Waals surface area contributed by atoms with Crippen molar-refractivity contribution in [3.05, 3.63) is 0 Å². The van der Waals surface area contributed by atoms with E-state index in [4.69, 9.17) is 0 Å². The summed E-state index contributed by atoms with van der Waals surface area (Å²) in [6, 6.07) is 0. The van der Waals surface area contributed by atoms with Crippen molar-refractivity contribution in [3.63, 3.8) is 0 Å². The number of unbranched alkanes of at least 4 members (excludes halogenated alkanes) is 3. The van der Waals surface area contributed by atoms with Gasteiger partial charge in [-0.05, 0) is 6.42 Å². The summed E-state index contributed by atoms with van der Waals surface area (Å²) in [5, 5.41) is 0. The molecule has 0 aliphatic carbocycles. The molecule has 68 valence electrons. The second kappa shape index (κ2) is 5.55. The highest BCUT2D eigenvalue weighted by Gasteiger charge is 1.97. The molecule has 4 heteroatoms. The van der Waals surface area contributed by atoms with E-state index in [0.29, 0.717) is 6.54 Å². The highest BCUT2D eigenvalue weighted by molar-refractivity contribution is 7.88. The fourth-order valence-electron chi connectivity index (χ4n) is 0.809. The van der Waals surface area contributed by atoms with E-state index in [9.17, 15) is 8.42 Å². The molecule has 0 aromatic heterocycles. The normalized spacial score (nSPS) is 11.8. The molecule has 0 radical (unpaired) electrons. The Bertz CT molecular complexity index is 175. The predicted octanol–water partition coefficient (Wildman–Crippen LogP) is 1.12. The van der Waals surface area contributed by atoms with Gasteiger partial charge in [-0.25, -0.2) is 13.1 Å². The van der Waals surface area contributed by atoms with Crippen molar-refractivity contribution in [1.82, 2.24) is 4.72 Å². The molecule has 0 amide bonds. The van der Waals surface area contributed by atoms with Gasteiger partial charge >= 0.3 is 0 Å². The lowest BCUT2D eigenvalue weighted by molar-refractivity contribution is 0.579. The molecule has 0 aromatic rings. The Morgan fingerprint density at radius 2 is 1.82 bits per heavy atom. The van der Waals surface area contributed by atoms with Crippen LogP contribution < -0.4 is 4.72 Å². The third-order valence-corrected chi connectivity index (χ3v) is 2.12. The van der Waals surface area contributed by atoms with Crippen LogP contribution >= 0.6 is 0 Å². The van der Waals surface area contributed by atoms with Crippen LogP contribution in [0.4, 0.5) is 0 Å². The second-order valence-electron chi connectivity index (χ2n) is 2.73. The van der Waals surface area contributed by atoms with Crippen LogP contribution in [0.2, 0.25) is 0 Å². The number of hydrogen-bond donors (Lipinski definition) is 1. The molecule has 0 saturated carbocycles. The SMILES string of the molecule is CCCCCCNS(C)(=O)=O. The number of rotatable bonds is 6. The van der Waals surface area contributed by atoms with Crippen LogP contribution in [-0.2, 0) is 10.0 Å². The van der Waals surface area contributed by atoms with Gasteiger partial charge in [-0.15, -0.1) is 0 Å². The fourth-order valence-corrected chi connectivity index (χ4v) is 1.32. The summed E-state index contributed by atoms with van der Waals surface area (Å²) in [6.07, 6.45) is 5.61. The van der Waals surface area contributed by atoms with Crippen LogP contribution in [0, 0.1) is 0 Å². The minimum absolute atomic E-state index is 0.582. The summed E-state index contributed by atoms with van der Waals surface area (Å²) in [7, 11) is -2.96. The summed E-state index contributed by atoms with van der Waals surface area (Å²) < 4.78 is 23.6. The Balaban J connectivity index is 3.16. The van der Waals surface area contributed by atoms with Crippen molar-refractivity contribution in [2.24, 2.45) is 0 Å². The molecular formula is C7H17NO2S. The molecule has 0 fully saturated rings. The van der Waals surface area contributed by atoms with Gasteiger partial charge in [-0.3, -0.25) is 0 Å². The van der Waals surface area contributed by atoms with Gasteiger partial charge in [0.15, 0.2) is 0 Å². The summed E-state index contributed by atoms with van der Waals surface area (Å²) in [5.41, 5.74) is 0. The molecular weight excluding hydrogens is 162 g/mol. The molecule has 3 nitrogen and oxygen atoms in total. The van der Waals surface area contributed by atoms with Gasteiger partial charge in [0.05, 0.1) is 6.26 Å². The Labute approximate surface area is 69.2 Å². The fraction of sp³-hybridized carbons (Fsp3) is 1.00. The van der Waals surface area contributed by atoms with E-state index < -0.39 is 10.0 Å². The Kier molecular flexibility index (Phi) is 5.50. The zero-order chi connectivity index (χ0) is 8.74. The van der Waals surface area contributed by atoms with Gasteiger partial charge in [-0.1, -0.05) is 26.2 Å². The number of sulfonamides is 1. The molecule has 0 aromatic carbocycles. The average Bonchev–Trinajstić information content (AvgIpc) is 1.85. The predicted molar refractivity (Wildman–Crippen MR) is 47.0 cm³/mol. The van der Waals surface area contributed by atoms with Gasteiger partial charge < -0.3 is 0 Å². The standard InChI is InChI=1S/C7H17NO2S/c1-3-4-5-6-7-8-11(2,9)10/h8H,3-7H2,1-2H3. The van der Waals surface area contributed by atoms with Crippen LogP contribution in [0.1, 0.15) is 32.6 Å². The Morgan fingerprint density at radius 1 is 1.18 bits per heavy atom. The average molecular weight is 179 g/mol. The topological polar surface area (TPSA) is 46.2 Å². The molecule has 0 aliphatic rings. The lowest BCUT2D eigenvalue weighted by Gasteiger charge is -2.00. The first-order valence-electron chi connectivity index (χ1n) is 4.01. The van der Waals surface area contributed by atoms with Crippen LogP contribution in [0.25, 0.3) is 0 Å². The molecule has 0 rings (SSSR count). The number of hydrogen-bond acceptors (Lipinski definition) is 2. The van der Waals surface area contributed by atoms with Gasteiger partial charge in [0.25, 0.3) is 0 Å². The molecule has 0 aliphatic heterocycles. The maximum Gasteiger partial charge on any atom is 0.208 e. The monoisotopic (exact) mass is 179 g/mol. The first-order chi connectivity index (χ1) is 5.06. The van der Waals surface area contributed by atoms with Gasteiger partial charge in [0.1, 0.15) is 0 Å². The summed E-state index contributed by atoms with van der Waals surface area (Å²) in [5.74, 6) is 0. The Hall–Kier alpha value is -0.0900. The van der Waals surface area contributed by atoms with Crippen LogP contribution in [0.5, 0.6) is 0 Å². The molecule has 0 atom stereocenters. The van der Waals surface area contributed by atoms with Crippen LogP contribution in [0.3, 0.4) is 0 Å². The molecule has 0 heterocycles. The molecule has 11 heavy (non-hydrogen) atoms. The molecule has 1 N–H and O–H groups in total. The van der Waals surface area contributed by atoms with E-state index in [1.807, 2.05) is 0 Å². The molecule has 0 bridgehead atoms. The quantitative estimate of drug-likeness (QED) is 0.621. The lowest BCUT2D eigenvalue weighted by atomic mass is 10.2. The van der Waals surface area contributed by atoms with Gasteiger partial charge in [-0.2, -0.15) is 0 Å². The zero-order valence-electron chi connectivity index (χ0n) is 7.26. The van der Waals surface area contributed by atoms with E-state index in [0.717, 1.165) is 12.8 Å². The maximum absolute atomic E-state index is 10.6. The van der Waals surface area contributed by atoms with Crippen molar-refractivity contribution in [3.8, 4) is 0 Å². The van der Waals surface area contributed by atoms with Crippen molar-refractivity contribution < 1.29 is 8.42 Å². The van der Waals surface area contributed by atoms with Crippen LogP contribution in [0.15, 0.2) is 0 Å². The van der Waals surface area contributed by atoms with Crippen LogP contribution in [-0.4, -0.2) is 21.2 Å². The maximum atomic E-state index is 10.6. The summed E-state index contributed by atoms with van der Waals surface area (Å²) in [6.45, 7) is 2.71. The second-order valence-corrected chi connectivity index (χ2v) is 4.56. The van der Waals surface area contributed by atoms with Crippen molar-refractivity contribution in [2.75, 3.05) is 12.8 Å². The van der Waals surface area contributed by atoms with Crippen molar-refractivity contribution in [1.29, 1.82) is 0 Å². The van der Waals surface area contributed by atoms with E-state index in [1.54, 1.807) is 0 Å². The molecule has 0 unspecified atom stereocenters. The van der Waals surface area contributed by atoms with E-state index in [-0.39, 0.29) is 0 Å². The van der Waals surface area contributed by atoms with Gasteiger partial charge in [0.2, 0.25) is 10.0 Å². The smallest absolute Gasteiger partial charge is 0.208 e. The largest absolute Gasteiger partial charge is 0.215 e. The van der Waals surface area contributed by atoms with Gasteiger partial charge in [0, 0.05) is 6.54 Å². The minimum Gasteiger partial charge on any atom is -0.215 e. The summed E-state index contributed by atoms with van der Waals surface area (Å²) in [4.78, 5) is 0. The number of nitrogens with one attached hydrogen (secondary N) is 1. The first-order valence-corrected chi connectivity index (χ1v) is 5.90. The Morgan fingerprint density at radius 3 is 2.27 bits per heavy atom. The highest BCUT2D eigenvalue weighted by Crippen LogP contribution is 1.97. The van der Waals surface area contributed by atoms with Crippen molar-refractivity contribution >= 4 is 10.0 Å². The third kappa shape index (κ3) is 9.91. The first kappa shape index (κ1) is 10.9. The lowest BCUT2D eigenvalue weighted by Crippen LogP contribution is -2.22. The zero-order valence-corrected chi connectivity index (χ0v) is 8.08. The van der Waals surface area contributed by atoms with E-state index >= 15 is 0 Å². The minimum atomic E-state index is -2.96. The molecule has 0 saturated heterocycles.